The number of piperidine rings is 1. The van der Waals surface area contributed by atoms with E-state index in [1.54, 1.807) is 11.8 Å². The highest BCUT2D eigenvalue weighted by atomic mass is 35.5. The van der Waals surface area contributed by atoms with E-state index in [1.807, 2.05) is 0 Å². The molecule has 1 unspecified atom stereocenters. The molecule has 1 aromatic carbocycles. The van der Waals surface area contributed by atoms with Crippen molar-refractivity contribution in [2.24, 2.45) is 0 Å². The largest absolute Gasteiger partial charge is 0.354 e. The van der Waals surface area contributed by atoms with Crippen molar-refractivity contribution in [3.05, 3.63) is 29.8 Å². The molecule has 1 aliphatic rings. The summed E-state index contributed by atoms with van der Waals surface area (Å²) in [6, 6.07) is 8.52. The van der Waals surface area contributed by atoms with Gasteiger partial charge in [-0.25, -0.2) is 0 Å². The molecule has 1 heterocycles. The molecular weight excluding hydrogens is 292 g/mol. The third-order valence-electron chi connectivity index (χ3n) is 3.32. The summed E-state index contributed by atoms with van der Waals surface area (Å²) in [7, 11) is 0. The Morgan fingerprint density at radius 3 is 2.75 bits per heavy atom. The minimum atomic E-state index is 0. The zero-order valence-electron chi connectivity index (χ0n) is 11.9. The minimum Gasteiger partial charge on any atom is -0.354 e. The highest BCUT2D eigenvalue weighted by molar-refractivity contribution is 7.99. The van der Waals surface area contributed by atoms with Gasteiger partial charge in [0.2, 0.25) is 5.91 Å². The molecule has 0 radical (unpaired) electrons. The van der Waals surface area contributed by atoms with E-state index < -0.39 is 0 Å². The number of hydrogen-bond donors (Lipinski definition) is 2. The lowest BCUT2D eigenvalue weighted by Crippen LogP contribution is -2.47. The van der Waals surface area contributed by atoms with Gasteiger partial charge in [-0.3, -0.25) is 4.79 Å². The van der Waals surface area contributed by atoms with E-state index in [0.29, 0.717) is 0 Å². The number of nitrogens with one attached hydrogen (secondary N) is 2. The fraction of sp³-hybridized carbons (Fsp3) is 0.533. The van der Waals surface area contributed by atoms with Gasteiger partial charge in [-0.05, 0) is 38.4 Å². The second-order valence-corrected chi connectivity index (χ2v) is 6.12. The monoisotopic (exact) mass is 314 g/mol. The number of benzene rings is 1. The van der Waals surface area contributed by atoms with E-state index in [0.717, 1.165) is 31.7 Å². The molecule has 0 bridgehead atoms. The van der Waals surface area contributed by atoms with E-state index in [4.69, 9.17) is 0 Å². The van der Waals surface area contributed by atoms with Crippen LogP contribution >= 0.6 is 24.2 Å². The maximum absolute atomic E-state index is 11.9. The molecule has 1 fully saturated rings. The lowest BCUT2D eigenvalue weighted by Gasteiger charge is -2.22. The quantitative estimate of drug-likeness (QED) is 0.648. The van der Waals surface area contributed by atoms with Crippen molar-refractivity contribution < 1.29 is 4.79 Å². The Bertz CT molecular complexity index is 405. The van der Waals surface area contributed by atoms with Crippen LogP contribution in [-0.4, -0.2) is 30.8 Å². The van der Waals surface area contributed by atoms with Gasteiger partial charge in [0.15, 0.2) is 0 Å². The molecule has 20 heavy (non-hydrogen) atoms. The van der Waals surface area contributed by atoms with Crippen molar-refractivity contribution in [1.29, 1.82) is 0 Å². The van der Waals surface area contributed by atoms with Crippen LogP contribution in [-0.2, 0) is 4.79 Å². The molecule has 0 saturated carbocycles. The smallest absolute Gasteiger partial charge is 0.237 e. The van der Waals surface area contributed by atoms with Crippen LogP contribution in [0.4, 0.5) is 0 Å². The van der Waals surface area contributed by atoms with Crippen LogP contribution in [0.1, 0.15) is 24.8 Å². The summed E-state index contributed by atoms with van der Waals surface area (Å²) >= 11 is 1.78. The van der Waals surface area contributed by atoms with Gasteiger partial charge in [0.1, 0.15) is 0 Å². The van der Waals surface area contributed by atoms with Crippen molar-refractivity contribution >= 4 is 30.1 Å². The number of halogens is 1. The lowest BCUT2D eigenvalue weighted by molar-refractivity contribution is -0.123. The number of carbonyl (C=O) groups is 1. The number of amides is 1. The van der Waals surface area contributed by atoms with Crippen LogP contribution in [0.15, 0.2) is 29.2 Å². The van der Waals surface area contributed by atoms with Crippen LogP contribution in [0.3, 0.4) is 0 Å². The fourth-order valence-electron chi connectivity index (χ4n) is 2.18. The van der Waals surface area contributed by atoms with Crippen molar-refractivity contribution in [2.75, 3.05) is 18.8 Å². The van der Waals surface area contributed by atoms with E-state index in [2.05, 4.69) is 41.8 Å². The molecule has 0 aliphatic carbocycles. The summed E-state index contributed by atoms with van der Waals surface area (Å²) in [6.45, 7) is 3.79. The number of rotatable bonds is 5. The van der Waals surface area contributed by atoms with E-state index >= 15 is 0 Å². The Hall–Kier alpha value is -0.710. The first-order chi connectivity index (χ1) is 9.25. The first-order valence-electron chi connectivity index (χ1n) is 6.96. The molecule has 112 valence electrons. The Morgan fingerprint density at radius 1 is 1.35 bits per heavy atom. The van der Waals surface area contributed by atoms with Gasteiger partial charge in [0.05, 0.1) is 6.04 Å². The second-order valence-electron chi connectivity index (χ2n) is 4.96. The molecule has 3 nitrogen and oxygen atoms in total. The van der Waals surface area contributed by atoms with Crippen LogP contribution in [0.5, 0.6) is 0 Å². The first kappa shape index (κ1) is 17.3. The van der Waals surface area contributed by atoms with Gasteiger partial charge in [-0.15, -0.1) is 24.2 Å². The van der Waals surface area contributed by atoms with Gasteiger partial charge < -0.3 is 10.6 Å². The van der Waals surface area contributed by atoms with Crippen LogP contribution in [0.2, 0.25) is 0 Å². The Balaban J connectivity index is 0.00000200. The second kappa shape index (κ2) is 9.27. The predicted molar refractivity (Wildman–Crippen MR) is 87.8 cm³/mol. The number of carbonyl (C=O) groups excluding carboxylic acids is 1. The average Bonchev–Trinajstić information content (AvgIpc) is 2.46. The van der Waals surface area contributed by atoms with Gasteiger partial charge in [-0.1, -0.05) is 24.1 Å². The van der Waals surface area contributed by atoms with E-state index in [-0.39, 0.29) is 24.4 Å². The molecule has 0 aromatic heterocycles. The van der Waals surface area contributed by atoms with Crippen molar-refractivity contribution in [3.8, 4) is 0 Å². The summed E-state index contributed by atoms with van der Waals surface area (Å²) in [6.07, 6.45) is 3.31. The Kier molecular flexibility index (Phi) is 8.04. The molecule has 1 amide bonds. The third-order valence-corrected chi connectivity index (χ3v) is 4.33. The maximum Gasteiger partial charge on any atom is 0.237 e. The van der Waals surface area contributed by atoms with Crippen molar-refractivity contribution in [2.45, 2.75) is 37.1 Å². The van der Waals surface area contributed by atoms with Crippen LogP contribution < -0.4 is 10.6 Å². The predicted octanol–water partition coefficient (Wildman–Crippen LogP) is 2.77. The maximum atomic E-state index is 11.9. The fourth-order valence-corrected chi connectivity index (χ4v) is 2.94. The van der Waals surface area contributed by atoms with Gasteiger partial charge in [0, 0.05) is 17.2 Å². The summed E-state index contributed by atoms with van der Waals surface area (Å²) in [5.41, 5.74) is 1.28. The third kappa shape index (κ3) is 5.73. The number of thioether (sulfide) groups is 1. The minimum absolute atomic E-state index is 0. The van der Waals surface area contributed by atoms with Crippen molar-refractivity contribution in [1.82, 2.24) is 10.6 Å². The topological polar surface area (TPSA) is 41.1 Å². The van der Waals surface area contributed by atoms with Crippen molar-refractivity contribution in [3.63, 3.8) is 0 Å². The molecule has 0 spiro atoms. The first-order valence-corrected chi connectivity index (χ1v) is 7.95. The summed E-state index contributed by atoms with van der Waals surface area (Å²) in [4.78, 5) is 13.1. The zero-order chi connectivity index (χ0) is 13.5. The Morgan fingerprint density at radius 2 is 2.10 bits per heavy atom. The highest BCUT2D eigenvalue weighted by Crippen LogP contribution is 2.17. The zero-order valence-corrected chi connectivity index (χ0v) is 13.5. The number of aryl methyl sites for hydroxylation is 1. The van der Waals surface area contributed by atoms with Gasteiger partial charge >= 0.3 is 0 Å². The highest BCUT2D eigenvalue weighted by Gasteiger charge is 2.19. The van der Waals surface area contributed by atoms with Gasteiger partial charge in [0.25, 0.3) is 0 Å². The normalized spacial score (nSPS) is 18.1. The van der Waals surface area contributed by atoms with Gasteiger partial charge in [-0.2, -0.15) is 0 Å². The van der Waals surface area contributed by atoms with E-state index in [9.17, 15) is 4.79 Å². The molecule has 1 aromatic rings. The van der Waals surface area contributed by atoms with E-state index in [1.165, 1.54) is 16.9 Å². The number of hydrogen-bond acceptors (Lipinski definition) is 3. The molecule has 2 rings (SSSR count). The summed E-state index contributed by atoms with van der Waals surface area (Å²) in [5.74, 6) is 1.07. The van der Waals surface area contributed by atoms with Crippen LogP contribution in [0.25, 0.3) is 0 Å². The molecule has 1 aliphatic heterocycles. The molecule has 5 heteroatoms. The lowest BCUT2D eigenvalue weighted by atomic mass is 10.0. The molecule has 2 N–H and O–H groups in total. The molecule has 1 atom stereocenters. The SMILES string of the molecule is Cc1ccc(SCCNC(=O)C2CCCCN2)cc1.Cl. The summed E-state index contributed by atoms with van der Waals surface area (Å²) < 4.78 is 0. The summed E-state index contributed by atoms with van der Waals surface area (Å²) in [5, 5.41) is 6.28. The molecule has 1 saturated heterocycles. The Labute approximate surface area is 131 Å². The van der Waals surface area contributed by atoms with Crippen LogP contribution in [0, 0.1) is 6.92 Å². The standard InChI is InChI=1S/C15H22N2OS.ClH/c1-12-5-7-13(8-6-12)19-11-10-17-15(18)14-4-2-3-9-16-14;/h5-8,14,16H,2-4,9-11H2,1H3,(H,17,18);1H. The average molecular weight is 315 g/mol. The molecular formula is C15H23ClN2OS.